The van der Waals surface area contributed by atoms with Crippen molar-refractivity contribution in [3.63, 3.8) is 0 Å². The molecule has 0 bridgehead atoms. The molecular weight excluding hydrogens is 364 g/mol. The van der Waals surface area contributed by atoms with Gasteiger partial charge in [0.1, 0.15) is 0 Å². The molecule has 6 nitrogen and oxygen atoms in total. The molecule has 0 aliphatic carbocycles. The first-order valence-corrected chi connectivity index (χ1v) is 10.4. The molecule has 144 valence electrons. The lowest BCUT2D eigenvalue weighted by Crippen LogP contribution is -2.36. The van der Waals surface area contributed by atoms with Gasteiger partial charge in [-0.25, -0.2) is 13.1 Å². The van der Waals surface area contributed by atoms with Gasteiger partial charge in [-0.1, -0.05) is 68.0 Å². The maximum atomic E-state index is 12.8. The summed E-state index contributed by atoms with van der Waals surface area (Å²) in [6.45, 7) is 2.07. The number of nitrogens with one attached hydrogen (secondary N) is 1. The van der Waals surface area contributed by atoms with Crippen molar-refractivity contribution in [1.82, 2.24) is 4.72 Å². The summed E-state index contributed by atoms with van der Waals surface area (Å²) in [4.78, 5) is 10.2. The number of nitrogens with zero attached hydrogens (tertiary/aromatic N) is 1. The van der Waals surface area contributed by atoms with E-state index in [1.54, 1.807) is 0 Å². The van der Waals surface area contributed by atoms with Gasteiger partial charge in [0.15, 0.2) is 4.90 Å². The molecule has 0 spiro atoms. The topological polar surface area (TPSA) is 89.3 Å². The summed E-state index contributed by atoms with van der Waals surface area (Å²) in [5.41, 5.74) is 0.571. The van der Waals surface area contributed by atoms with E-state index in [0.717, 1.165) is 18.4 Å². The molecule has 0 radical (unpaired) electrons. The Hall–Kier alpha value is -2.51. The molecule has 1 unspecified atom stereocenters. The van der Waals surface area contributed by atoms with E-state index in [-0.39, 0.29) is 4.90 Å². The molecule has 1 N–H and O–H groups in total. The molecule has 2 rings (SSSR count). The summed E-state index contributed by atoms with van der Waals surface area (Å²) < 4.78 is 28.3. The van der Waals surface area contributed by atoms with E-state index >= 15 is 0 Å². The summed E-state index contributed by atoms with van der Waals surface area (Å²) >= 11 is 0. The van der Waals surface area contributed by atoms with Gasteiger partial charge >= 0.3 is 0 Å². The lowest BCUT2D eigenvalue weighted by molar-refractivity contribution is -0.387. The van der Waals surface area contributed by atoms with Gasteiger partial charge in [0.05, 0.1) is 4.92 Å². The number of hydrogen-bond donors (Lipinski definition) is 1. The van der Waals surface area contributed by atoms with E-state index in [2.05, 4.69) is 11.6 Å². The summed E-state index contributed by atoms with van der Waals surface area (Å²) in [7, 11) is -4.02. The van der Waals surface area contributed by atoms with E-state index in [4.69, 9.17) is 0 Å². The van der Waals surface area contributed by atoms with Crippen LogP contribution in [0.25, 0.3) is 0 Å². The fourth-order valence-electron chi connectivity index (χ4n) is 2.73. The van der Waals surface area contributed by atoms with Gasteiger partial charge in [0.2, 0.25) is 10.0 Å². The van der Waals surface area contributed by atoms with Gasteiger partial charge in [-0.15, -0.1) is 0 Å². The molecule has 0 fully saturated rings. The van der Waals surface area contributed by atoms with E-state index < -0.39 is 26.7 Å². The van der Waals surface area contributed by atoms with Gasteiger partial charge in [0, 0.05) is 12.1 Å². The molecule has 1 atom stereocenters. The van der Waals surface area contributed by atoms with Crippen LogP contribution in [0, 0.1) is 10.1 Å². The fraction of sp³-hybridized carbons (Fsp3) is 0.300. The van der Waals surface area contributed by atoms with E-state index in [1.165, 1.54) is 24.3 Å². The number of sulfonamides is 1. The second kappa shape index (κ2) is 9.99. The predicted octanol–water partition coefficient (Wildman–Crippen LogP) is 4.23. The van der Waals surface area contributed by atoms with Crippen molar-refractivity contribution in [1.29, 1.82) is 0 Å². The molecule has 0 aliphatic heterocycles. The van der Waals surface area contributed by atoms with Crippen LogP contribution in [0.5, 0.6) is 0 Å². The number of benzene rings is 2. The number of hydrogen-bond acceptors (Lipinski definition) is 4. The molecule has 0 aliphatic rings. The highest BCUT2D eigenvalue weighted by atomic mass is 32.2. The Bertz CT molecular complexity index is 880. The van der Waals surface area contributed by atoms with Crippen molar-refractivity contribution in [2.75, 3.05) is 0 Å². The van der Waals surface area contributed by atoms with Gasteiger partial charge in [0.25, 0.3) is 5.69 Å². The van der Waals surface area contributed by atoms with Gasteiger partial charge in [-0.05, 0) is 30.9 Å². The molecule has 0 amide bonds. The average molecular weight is 388 g/mol. The second-order valence-corrected chi connectivity index (χ2v) is 7.91. The van der Waals surface area contributed by atoms with Crippen LogP contribution in [-0.2, 0) is 16.4 Å². The Labute approximate surface area is 160 Å². The number of para-hydroxylation sites is 1. The maximum absolute atomic E-state index is 12.8. The van der Waals surface area contributed by atoms with Crippen molar-refractivity contribution in [3.05, 3.63) is 82.4 Å². The highest BCUT2D eigenvalue weighted by molar-refractivity contribution is 7.89. The Morgan fingerprint density at radius 2 is 1.74 bits per heavy atom. The molecule has 0 heterocycles. The molecule has 0 aromatic heterocycles. The van der Waals surface area contributed by atoms with Crippen LogP contribution in [0.4, 0.5) is 5.69 Å². The van der Waals surface area contributed by atoms with Crippen molar-refractivity contribution < 1.29 is 13.3 Å². The van der Waals surface area contributed by atoms with Crippen molar-refractivity contribution >= 4 is 15.7 Å². The van der Waals surface area contributed by atoms with Crippen LogP contribution in [0.3, 0.4) is 0 Å². The largest absolute Gasteiger partial charge is 0.289 e. The minimum Gasteiger partial charge on any atom is -0.258 e. The molecule has 0 saturated heterocycles. The molecule has 2 aromatic rings. The zero-order chi connectivity index (χ0) is 19.7. The van der Waals surface area contributed by atoms with Gasteiger partial charge < -0.3 is 0 Å². The third kappa shape index (κ3) is 6.30. The molecular formula is C20H24N2O4S. The van der Waals surface area contributed by atoms with Crippen LogP contribution < -0.4 is 4.72 Å². The molecule has 27 heavy (non-hydrogen) atoms. The minimum atomic E-state index is -4.02. The Morgan fingerprint density at radius 3 is 2.41 bits per heavy atom. The van der Waals surface area contributed by atoms with Gasteiger partial charge in [-0.2, -0.15) is 0 Å². The average Bonchev–Trinajstić information content (AvgIpc) is 2.65. The summed E-state index contributed by atoms with van der Waals surface area (Å²) in [6.07, 6.45) is 6.93. The first kappa shape index (κ1) is 20.8. The van der Waals surface area contributed by atoms with E-state index in [1.807, 2.05) is 42.5 Å². The Kier molecular flexibility index (Phi) is 7.69. The van der Waals surface area contributed by atoms with Crippen molar-refractivity contribution in [2.24, 2.45) is 0 Å². The number of nitro benzene ring substituents is 1. The monoisotopic (exact) mass is 388 g/mol. The Morgan fingerprint density at radius 1 is 1.07 bits per heavy atom. The highest BCUT2D eigenvalue weighted by Gasteiger charge is 2.27. The third-order valence-electron chi connectivity index (χ3n) is 4.04. The SMILES string of the molecule is CCC/C=C/CC(Cc1ccccc1)NS(=O)(=O)c1ccccc1[N+](=O)[O-]. The summed E-state index contributed by atoms with van der Waals surface area (Å²) in [5.74, 6) is 0. The van der Waals surface area contributed by atoms with Gasteiger partial charge in [-0.3, -0.25) is 10.1 Å². The quantitative estimate of drug-likeness (QED) is 0.375. The number of nitro groups is 1. The van der Waals surface area contributed by atoms with E-state index in [0.29, 0.717) is 12.8 Å². The summed E-state index contributed by atoms with van der Waals surface area (Å²) in [5, 5.41) is 11.2. The van der Waals surface area contributed by atoms with Crippen LogP contribution in [0.1, 0.15) is 31.7 Å². The molecule has 2 aromatic carbocycles. The fourth-order valence-corrected chi connectivity index (χ4v) is 4.16. The predicted molar refractivity (Wildman–Crippen MR) is 106 cm³/mol. The van der Waals surface area contributed by atoms with Crippen molar-refractivity contribution in [3.8, 4) is 0 Å². The highest BCUT2D eigenvalue weighted by Crippen LogP contribution is 2.23. The Balaban J connectivity index is 2.25. The normalized spacial score (nSPS) is 12.9. The first-order valence-electron chi connectivity index (χ1n) is 8.88. The van der Waals surface area contributed by atoms with Crippen LogP contribution in [0.15, 0.2) is 71.6 Å². The molecule has 7 heteroatoms. The number of rotatable bonds is 10. The van der Waals surface area contributed by atoms with E-state index in [9.17, 15) is 18.5 Å². The smallest absolute Gasteiger partial charge is 0.258 e. The lowest BCUT2D eigenvalue weighted by atomic mass is 10.0. The molecule has 0 saturated carbocycles. The standard InChI is InChI=1S/C20H24N2O4S/c1-2-3-4-8-13-18(16-17-11-6-5-7-12-17)21-27(25,26)20-15-10-9-14-19(20)22(23)24/h4-12,14-15,18,21H,2-3,13,16H2,1H3/b8-4+. The second-order valence-electron chi connectivity index (χ2n) is 6.23. The number of allylic oxidation sites excluding steroid dienone is 1. The minimum absolute atomic E-state index is 0.314. The van der Waals surface area contributed by atoms with Crippen LogP contribution >= 0.6 is 0 Å². The zero-order valence-electron chi connectivity index (χ0n) is 15.2. The van der Waals surface area contributed by atoms with Crippen molar-refractivity contribution in [2.45, 2.75) is 43.5 Å². The van der Waals surface area contributed by atoms with Crippen LogP contribution in [-0.4, -0.2) is 19.4 Å². The van der Waals surface area contributed by atoms with Crippen LogP contribution in [0.2, 0.25) is 0 Å². The lowest BCUT2D eigenvalue weighted by Gasteiger charge is -2.17. The first-order chi connectivity index (χ1) is 12.9. The summed E-state index contributed by atoms with van der Waals surface area (Å²) in [6, 6.07) is 14.5. The zero-order valence-corrected chi connectivity index (χ0v) is 16.1. The number of unbranched alkanes of at least 4 members (excludes halogenated alkanes) is 1. The maximum Gasteiger partial charge on any atom is 0.289 e. The third-order valence-corrected chi connectivity index (χ3v) is 5.61.